The van der Waals surface area contributed by atoms with Gasteiger partial charge in [-0.1, -0.05) is 34.4 Å². The fourth-order valence-electron chi connectivity index (χ4n) is 2.50. The number of hydrogen-bond donors (Lipinski definition) is 0. The molecule has 0 saturated carbocycles. The summed E-state index contributed by atoms with van der Waals surface area (Å²) >= 11 is 12.0. The minimum atomic E-state index is -0.0520. The van der Waals surface area contributed by atoms with Crippen molar-refractivity contribution in [3.05, 3.63) is 45.5 Å². The Balaban J connectivity index is 1.64. The van der Waals surface area contributed by atoms with Crippen LogP contribution in [-0.2, 0) is 22.6 Å². The van der Waals surface area contributed by atoms with Crippen LogP contribution >= 0.6 is 23.2 Å². The second-order valence-electron chi connectivity index (χ2n) is 5.31. The lowest BCUT2D eigenvalue weighted by Crippen LogP contribution is -2.38. The van der Waals surface area contributed by atoms with Gasteiger partial charge in [-0.2, -0.15) is 4.98 Å². The van der Waals surface area contributed by atoms with Crippen molar-refractivity contribution in [1.29, 1.82) is 0 Å². The monoisotopic (exact) mass is 357 g/mol. The van der Waals surface area contributed by atoms with Gasteiger partial charge in [-0.05, 0) is 17.7 Å². The van der Waals surface area contributed by atoms with Crippen LogP contribution in [0.3, 0.4) is 0 Å². The quantitative estimate of drug-likeness (QED) is 0.819. The zero-order valence-corrected chi connectivity index (χ0v) is 14.2. The van der Waals surface area contributed by atoms with Crippen LogP contribution in [-0.4, -0.2) is 41.8 Å². The molecule has 1 aliphatic rings. The second kappa shape index (κ2) is 7.59. The highest BCUT2D eigenvalue weighted by Gasteiger charge is 2.23. The summed E-state index contributed by atoms with van der Waals surface area (Å²) < 4.78 is 15.9. The number of morpholine rings is 1. The minimum Gasteiger partial charge on any atom is -0.375 e. The maximum absolute atomic E-state index is 6.09. The summed E-state index contributed by atoms with van der Waals surface area (Å²) in [5.41, 5.74) is 1.01. The highest BCUT2D eigenvalue weighted by molar-refractivity contribution is 6.42. The molecule has 0 aliphatic carbocycles. The number of hydrogen-bond acceptors (Lipinski definition) is 6. The summed E-state index contributed by atoms with van der Waals surface area (Å²) in [5.74, 6) is 1.13. The summed E-state index contributed by atoms with van der Waals surface area (Å²) in [4.78, 5) is 6.51. The zero-order chi connectivity index (χ0) is 16.2. The number of methoxy groups -OCH3 is 1. The molecule has 6 nitrogen and oxygen atoms in total. The van der Waals surface area contributed by atoms with Gasteiger partial charge in [0.25, 0.3) is 5.89 Å². The maximum Gasteiger partial charge on any atom is 0.252 e. The number of aromatic nitrogens is 2. The van der Waals surface area contributed by atoms with Gasteiger partial charge in [0.15, 0.2) is 5.82 Å². The Morgan fingerprint density at radius 2 is 2.22 bits per heavy atom. The van der Waals surface area contributed by atoms with E-state index in [1.807, 2.05) is 12.1 Å². The molecule has 1 saturated heterocycles. The average molecular weight is 358 g/mol. The Hall–Kier alpha value is -1.18. The molecule has 1 aromatic heterocycles. The van der Waals surface area contributed by atoms with Crippen LogP contribution in [0.25, 0.3) is 0 Å². The summed E-state index contributed by atoms with van der Waals surface area (Å²) in [7, 11) is 1.59. The fourth-order valence-corrected chi connectivity index (χ4v) is 2.80. The van der Waals surface area contributed by atoms with Crippen molar-refractivity contribution in [3.63, 3.8) is 0 Å². The topological polar surface area (TPSA) is 60.6 Å². The maximum atomic E-state index is 6.09. The van der Waals surface area contributed by atoms with Gasteiger partial charge in [0.2, 0.25) is 0 Å². The van der Waals surface area contributed by atoms with Gasteiger partial charge in [-0.25, -0.2) is 0 Å². The molecule has 0 spiro atoms. The van der Waals surface area contributed by atoms with E-state index >= 15 is 0 Å². The van der Waals surface area contributed by atoms with Gasteiger partial charge >= 0.3 is 0 Å². The number of nitrogens with zero attached hydrogens (tertiary/aromatic N) is 3. The van der Waals surface area contributed by atoms with Gasteiger partial charge in [0, 0.05) is 20.2 Å². The average Bonchev–Trinajstić information content (AvgIpc) is 2.98. The van der Waals surface area contributed by atoms with Gasteiger partial charge in [-0.3, -0.25) is 4.90 Å². The molecule has 2 heterocycles. The summed E-state index contributed by atoms with van der Waals surface area (Å²) in [6.45, 7) is 3.10. The molecule has 1 unspecified atom stereocenters. The fraction of sp³-hybridized carbons (Fsp3) is 0.467. The minimum absolute atomic E-state index is 0.0520. The van der Waals surface area contributed by atoms with Gasteiger partial charge < -0.3 is 14.0 Å². The van der Waals surface area contributed by atoms with Crippen molar-refractivity contribution in [2.24, 2.45) is 0 Å². The molecule has 2 aromatic rings. The Kier molecular flexibility index (Phi) is 5.50. The number of rotatable bonds is 5. The van der Waals surface area contributed by atoms with Crippen molar-refractivity contribution >= 4 is 23.2 Å². The predicted molar refractivity (Wildman–Crippen MR) is 85.4 cm³/mol. The van der Waals surface area contributed by atoms with Crippen LogP contribution in [0.4, 0.5) is 0 Å². The Labute approximate surface area is 144 Å². The molecule has 0 radical (unpaired) electrons. The largest absolute Gasteiger partial charge is 0.375 e. The summed E-state index contributed by atoms with van der Waals surface area (Å²) in [6.07, 6.45) is -0.0520. The van der Waals surface area contributed by atoms with Crippen molar-refractivity contribution in [3.8, 4) is 0 Å². The van der Waals surface area contributed by atoms with E-state index in [4.69, 9.17) is 37.2 Å². The van der Waals surface area contributed by atoms with Crippen molar-refractivity contribution in [2.45, 2.75) is 19.3 Å². The van der Waals surface area contributed by atoms with Crippen molar-refractivity contribution in [2.75, 3.05) is 26.8 Å². The van der Waals surface area contributed by atoms with Crippen molar-refractivity contribution in [1.82, 2.24) is 15.0 Å². The van der Waals surface area contributed by atoms with Gasteiger partial charge in [0.05, 0.1) is 29.3 Å². The molecule has 0 amide bonds. The molecule has 1 fully saturated rings. The third kappa shape index (κ3) is 4.22. The van der Waals surface area contributed by atoms with Gasteiger partial charge in [-0.15, -0.1) is 0 Å². The van der Waals surface area contributed by atoms with Crippen LogP contribution in [0.15, 0.2) is 22.7 Å². The zero-order valence-electron chi connectivity index (χ0n) is 12.7. The van der Waals surface area contributed by atoms with Crippen LogP contribution in [0, 0.1) is 0 Å². The summed E-state index contributed by atoms with van der Waals surface area (Å²) in [5, 5.41) is 5.04. The molecular weight excluding hydrogens is 341 g/mol. The Morgan fingerprint density at radius 1 is 1.35 bits per heavy atom. The molecule has 23 heavy (non-hydrogen) atoms. The molecule has 1 atom stereocenters. The predicted octanol–water partition coefficient (Wildman–Crippen LogP) is 3.10. The highest BCUT2D eigenvalue weighted by atomic mass is 35.5. The molecule has 1 aliphatic heterocycles. The Morgan fingerprint density at radius 3 is 3.00 bits per heavy atom. The molecule has 3 rings (SSSR count). The van der Waals surface area contributed by atoms with Crippen LogP contribution in [0.5, 0.6) is 0 Å². The normalized spacial score (nSPS) is 19.2. The number of ether oxygens (including phenoxy) is 2. The molecule has 124 valence electrons. The van der Waals surface area contributed by atoms with Crippen LogP contribution in [0.2, 0.25) is 10.0 Å². The van der Waals surface area contributed by atoms with Crippen LogP contribution in [0.1, 0.15) is 23.4 Å². The van der Waals surface area contributed by atoms with E-state index in [0.29, 0.717) is 41.5 Å². The van der Waals surface area contributed by atoms with Gasteiger partial charge in [0.1, 0.15) is 6.61 Å². The van der Waals surface area contributed by atoms with E-state index in [1.165, 1.54) is 0 Å². The lowest BCUT2D eigenvalue weighted by molar-refractivity contribution is -0.0338. The van der Waals surface area contributed by atoms with E-state index in [0.717, 1.165) is 18.7 Å². The molecule has 8 heteroatoms. The SMILES string of the molecule is COCc1nc(CN2CCOC(c3ccc(Cl)c(Cl)c3)C2)no1. The molecule has 1 aromatic carbocycles. The first-order valence-corrected chi connectivity index (χ1v) is 8.00. The van der Waals surface area contributed by atoms with E-state index in [1.54, 1.807) is 13.2 Å². The van der Waals surface area contributed by atoms with E-state index < -0.39 is 0 Å². The molecule has 0 N–H and O–H groups in total. The first-order valence-electron chi connectivity index (χ1n) is 7.25. The van der Waals surface area contributed by atoms with E-state index in [-0.39, 0.29) is 6.10 Å². The first kappa shape index (κ1) is 16.7. The molecular formula is C15H17Cl2N3O3. The lowest BCUT2D eigenvalue weighted by atomic mass is 10.1. The van der Waals surface area contributed by atoms with Crippen molar-refractivity contribution < 1.29 is 14.0 Å². The smallest absolute Gasteiger partial charge is 0.252 e. The lowest BCUT2D eigenvalue weighted by Gasteiger charge is -2.32. The second-order valence-corrected chi connectivity index (χ2v) is 6.12. The molecule has 0 bridgehead atoms. The number of halogens is 2. The van der Waals surface area contributed by atoms with Crippen LogP contribution < -0.4 is 0 Å². The number of benzene rings is 1. The first-order chi connectivity index (χ1) is 11.2. The third-order valence-electron chi connectivity index (χ3n) is 3.61. The third-order valence-corrected chi connectivity index (χ3v) is 4.35. The van der Waals surface area contributed by atoms with E-state index in [9.17, 15) is 0 Å². The van der Waals surface area contributed by atoms with E-state index in [2.05, 4.69) is 15.0 Å². The summed E-state index contributed by atoms with van der Waals surface area (Å²) in [6, 6.07) is 5.58. The standard InChI is InChI=1S/C15H17Cl2N3O3/c1-21-9-15-18-14(19-23-15)8-20-4-5-22-13(7-20)10-2-3-11(16)12(17)6-10/h2-3,6,13H,4-5,7-9H2,1H3. The Bertz CT molecular complexity index is 665. The highest BCUT2D eigenvalue weighted by Crippen LogP contribution is 2.29.